The zero-order valence-corrected chi connectivity index (χ0v) is 12.3. The number of anilines is 2. The van der Waals surface area contributed by atoms with Crippen molar-refractivity contribution in [1.82, 2.24) is 19.7 Å². The molecule has 0 aliphatic heterocycles. The van der Waals surface area contributed by atoms with Crippen LogP contribution in [0.4, 0.5) is 20.3 Å². The largest absolute Gasteiger partial charge is 0.340 e. The summed E-state index contributed by atoms with van der Waals surface area (Å²) < 4.78 is 26.3. The van der Waals surface area contributed by atoms with Crippen molar-refractivity contribution in [2.24, 2.45) is 5.92 Å². The zero-order chi connectivity index (χ0) is 15.8. The predicted octanol–water partition coefficient (Wildman–Crippen LogP) is 3.92. The standard InChI is InChI=1S/C16H15F2N5/c17-16(18)23-14-4-3-12(6-11(14)8-21-23)22-15-7-13(19-9-20-15)5-10-1-2-10/h3-4,6-10,16H,1-2,5H2,(H,19,20,22). The molecule has 5 nitrogen and oxygen atoms in total. The molecular weight excluding hydrogens is 300 g/mol. The summed E-state index contributed by atoms with van der Waals surface area (Å²) in [7, 11) is 0. The van der Waals surface area contributed by atoms with E-state index in [4.69, 9.17) is 0 Å². The fourth-order valence-corrected chi connectivity index (χ4v) is 2.63. The molecule has 23 heavy (non-hydrogen) atoms. The lowest BCUT2D eigenvalue weighted by Crippen LogP contribution is -2.00. The molecule has 1 aromatic carbocycles. The second-order valence-electron chi connectivity index (χ2n) is 5.81. The summed E-state index contributed by atoms with van der Waals surface area (Å²) in [5.74, 6) is 1.46. The number of aromatic nitrogens is 4. The van der Waals surface area contributed by atoms with Gasteiger partial charge in [-0.25, -0.2) is 14.6 Å². The van der Waals surface area contributed by atoms with Gasteiger partial charge in [0.25, 0.3) is 0 Å². The number of alkyl halides is 2. The van der Waals surface area contributed by atoms with E-state index in [0.29, 0.717) is 21.4 Å². The number of benzene rings is 1. The van der Waals surface area contributed by atoms with Crippen LogP contribution in [0.2, 0.25) is 0 Å². The third-order valence-electron chi connectivity index (χ3n) is 3.97. The van der Waals surface area contributed by atoms with E-state index >= 15 is 0 Å². The molecule has 1 fully saturated rings. The Morgan fingerprint density at radius 2 is 2.09 bits per heavy atom. The van der Waals surface area contributed by atoms with Crippen LogP contribution in [0.15, 0.2) is 36.8 Å². The second kappa shape index (κ2) is 5.57. The van der Waals surface area contributed by atoms with Gasteiger partial charge in [0.2, 0.25) is 0 Å². The van der Waals surface area contributed by atoms with Crippen LogP contribution in [0.5, 0.6) is 0 Å². The Bertz CT molecular complexity index is 841. The van der Waals surface area contributed by atoms with Crippen molar-refractivity contribution in [3.05, 3.63) is 42.5 Å². The minimum atomic E-state index is -2.64. The van der Waals surface area contributed by atoms with Crippen LogP contribution in [-0.4, -0.2) is 19.7 Å². The van der Waals surface area contributed by atoms with E-state index in [-0.39, 0.29) is 0 Å². The van der Waals surface area contributed by atoms with E-state index in [0.717, 1.165) is 23.7 Å². The van der Waals surface area contributed by atoms with E-state index in [1.165, 1.54) is 19.0 Å². The number of rotatable bonds is 5. The lowest BCUT2D eigenvalue weighted by molar-refractivity contribution is 0.0615. The topological polar surface area (TPSA) is 55.6 Å². The molecule has 0 spiro atoms. The van der Waals surface area contributed by atoms with Gasteiger partial charge >= 0.3 is 6.55 Å². The Morgan fingerprint density at radius 1 is 1.22 bits per heavy atom. The molecule has 1 saturated carbocycles. The number of nitrogens with zero attached hydrogens (tertiary/aromatic N) is 4. The molecular formula is C16H15F2N5. The quantitative estimate of drug-likeness (QED) is 0.775. The molecule has 3 aromatic rings. The van der Waals surface area contributed by atoms with E-state index < -0.39 is 6.55 Å². The van der Waals surface area contributed by atoms with Crippen molar-refractivity contribution >= 4 is 22.4 Å². The van der Waals surface area contributed by atoms with Crippen LogP contribution in [0, 0.1) is 5.92 Å². The van der Waals surface area contributed by atoms with Crippen LogP contribution in [-0.2, 0) is 6.42 Å². The maximum atomic E-state index is 12.8. The summed E-state index contributed by atoms with van der Waals surface area (Å²) in [5, 5.41) is 7.56. The molecule has 4 rings (SSSR count). The van der Waals surface area contributed by atoms with Gasteiger partial charge in [-0.3, -0.25) is 0 Å². The minimum Gasteiger partial charge on any atom is -0.340 e. The first-order valence-corrected chi connectivity index (χ1v) is 7.52. The highest BCUT2D eigenvalue weighted by atomic mass is 19.3. The first-order valence-electron chi connectivity index (χ1n) is 7.52. The van der Waals surface area contributed by atoms with Crippen LogP contribution in [0.25, 0.3) is 10.9 Å². The number of hydrogen-bond acceptors (Lipinski definition) is 4. The molecule has 1 aliphatic carbocycles. The molecule has 2 heterocycles. The van der Waals surface area contributed by atoms with Crippen LogP contribution >= 0.6 is 0 Å². The van der Waals surface area contributed by atoms with Gasteiger partial charge < -0.3 is 5.32 Å². The molecule has 0 saturated heterocycles. The summed E-state index contributed by atoms with van der Waals surface area (Å²) in [5.41, 5.74) is 2.21. The number of hydrogen-bond donors (Lipinski definition) is 1. The van der Waals surface area contributed by atoms with Gasteiger partial charge in [-0.05, 0) is 43.4 Å². The van der Waals surface area contributed by atoms with Crippen molar-refractivity contribution in [3.8, 4) is 0 Å². The van der Waals surface area contributed by atoms with Gasteiger partial charge in [-0.15, -0.1) is 0 Å². The van der Waals surface area contributed by atoms with Crippen LogP contribution in [0.3, 0.4) is 0 Å². The van der Waals surface area contributed by atoms with Gasteiger partial charge in [0, 0.05) is 22.8 Å². The van der Waals surface area contributed by atoms with Gasteiger partial charge in [-0.1, -0.05) is 0 Å². The smallest absolute Gasteiger partial charge is 0.333 e. The molecule has 0 unspecified atom stereocenters. The van der Waals surface area contributed by atoms with E-state index in [1.54, 1.807) is 24.5 Å². The minimum absolute atomic E-state index is 0.405. The Hall–Kier alpha value is -2.57. The Kier molecular flexibility index (Phi) is 3.40. The lowest BCUT2D eigenvalue weighted by atomic mass is 10.2. The number of nitrogens with one attached hydrogen (secondary N) is 1. The molecule has 0 amide bonds. The van der Waals surface area contributed by atoms with Crippen molar-refractivity contribution in [1.29, 1.82) is 0 Å². The SMILES string of the molecule is FC(F)n1ncc2cc(Nc3cc(CC4CC4)ncn3)ccc21. The fraction of sp³-hybridized carbons (Fsp3) is 0.312. The zero-order valence-electron chi connectivity index (χ0n) is 12.3. The highest BCUT2D eigenvalue weighted by molar-refractivity contribution is 5.83. The third kappa shape index (κ3) is 2.99. The van der Waals surface area contributed by atoms with E-state index in [9.17, 15) is 8.78 Å². The molecule has 0 bridgehead atoms. The molecule has 1 N–H and O–H groups in total. The van der Waals surface area contributed by atoms with Gasteiger partial charge in [0.1, 0.15) is 12.1 Å². The average Bonchev–Trinajstić information content (AvgIpc) is 3.23. The Balaban J connectivity index is 1.57. The Labute approximate surface area is 131 Å². The number of halogens is 2. The van der Waals surface area contributed by atoms with Crippen molar-refractivity contribution in [2.45, 2.75) is 25.8 Å². The average molecular weight is 315 g/mol. The highest BCUT2D eigenvalue weighted by Gasteiger charge is 2.22. The van der Waals surface area contributed by atoms with E-state index in [1.807, 2.05) is 6.07 Å². The van der Waals surface area contributed by atoms with Crippen molar-refractivity contribution in [3.63, 3.8) is 0 Å². The predicted molar refractivity (Wildman–Crippen MR) is 82.7 cm³/mol. The van der Waals surface area contributed by atoms with Crippen LogP contribution < -0.4 is 5.32 Å². The highest BCUT2D eigenvalue weighted by Crippen LogP contribution is 2.32. The molecule has 1 aliphatic rings. The van der Waals surface area contributed by atoms with Gasteiger partial charge in [0.15, 0.2) is 0 Å². The summed E-state index contributed by atoms with van der Waals surface area (Å²) in [4.78, 5) is 8.50. The summed E-state index contributed by atoms with van der Waals surface area (Å²) in [6.45, 7) is -2.64. The summed E-state index contributed by atoms with van der Waals surface area (Å²) in [6.07, 6.45) is 6.52. The van der Waals surface area contributed by atoms with Gasteiger partial charge in [0.05, 0.1) is 11.7 Å². The van der Waals surface area contributed by atoms with Crippen molar-refractivity contribution < 1.29 is 8.78 Å². The first-order chi connectivity index (χ1) is 11.2. The normalized spacial score (nSPS) is 14.6. The van der Waals surface area contributed by atoms with E-state index in [2.05, 4.69) is 20.4 Å². The molecule has 118 valence electrons. The Morgan fingerprint density at radius 3 is 2.87 bits per heavy atom. The maximum absolute atomic E-state index is 12.8. The van der Waals surface area contributed by atoms with Gasteiger partial charge in [-0.2, -0.15) is 13.9 Å². The molecule has 7 heteroatoms. The van der Waals surface area contributed by atoms with Crippen molar-refractivity contribution in [2.75, 3.05) is 5.32 Å². The fourth-order valence-electron chi connectivity index (χ4n) is 2.63. The number of fused-ring (bicyclic) bond motifs is 1. The molecule has 0 atom stereocenters. The monoisotopic (exact) mass is 315 g/mol. The third-order valence-corrected chi connectivity index (χ3v) is 3.97. The van der Waals surface area contributed by atoms with Crippen LogP contribution in [0.1, 0.15) is 25.1 Å². The summed E-state index contributed by atoms with van der Waals surface area (Å²) >= 11 is 0. The summed E-state index contributed by atoms with van der Waals surface area (Å²) in [6, 6.07) is 7.09. The molecule has 2 aromatic heterocycles. The first kappa shape index (κ1) is 14.0. The maximum Gasteiger partial charge on any atom is 0.333 e. The lowest BCUT2D eigenvalue weighted by Gasteiger charge is -2.07. The second-order valence-corrected chi connectivity index (χ2v) is 5.81. The molecule has 0 radical (unpaired) electrons.